The molecule has 0 amide bonds. The number of hydrogen-bond donors (Lipinski definition) is 3. The van der Waals surface area contributed by atoms with Gasteiger partial charge >= 0.3 is 0 Å². The third kappa shape index (κ3) is 2.51. The number of hydroxylamine groups is 1. The van der Waals surface area contributed by atoms with Gasteiger partial charge in [0.05, 0.1) is 0 Å². The summed E-state index contributed by atoms with van der Waals surface area (Å²) in [6.07, 6.45) is 0. The molecule has 0 atom stereocenters. The summed E-state index contributed by atoms with van der Waals surface area (Å²) in [5.74, 6) is 0.520. The Labute approximate surface area is 98.2 Å². The molecule has 0 bridgehead atoms. The molecule has 0 aliphatic heterocycles. The molecule has 0 saturated heterocycles. The highest BCUT2D eigenvalue weighted by Gasteiger charge is 2.15. The Balaban J connectivity index is 3.35. The SMILES string of the molecule is Cc1c(Br)cc(C(C)C)c(O)c1CNO. The summed E-state index contributed by atoms with van der Waals surface area (Å²) in [5, 5.41) is 18.7. The highest BCUT2D eigenvalue weighted by atomic mass is 79.9. The maximum absolute atomic E-state index is 10.0. The molecule has 3 nitrogen and oxygen atoms in total. The summed E-state index contributed by atoms with van der Waals surface area (Å²) >= 11 is 3.45. The van der Waals surface area contributed by atoms with Gasteiger partial charge in [-0.1, -0.05) is 29.8 Å². The van der Waals surface area contributed by atoms with Crippen LogP contribution in [0.1, 0.15) is 36.5 Å². The molecule has 0 fully saturated rings. The van der Waals surface area contributed by atoms with E-state index in [1.54, 1.807) is 0 Å². The molecular weight excluding hydrogens is 258 g/mol. The van der Waals surface area contributed by atoms with E-state index in [1.165, 1.54) is 0 Å². The zero-order chi connectivity index (χ0) is 11.6. The number of phenolic OH excluding ortho intramolecular Hbond substituents is 1. The van der Waals surface area contributed by atoms with Crippen molar-refractivity contribution in [1.82, 2.24) is 5.48 Å². The van der Waals surface area contributed by atoms with Crippen molar-refractivity contribution in [3.05, 3.63) is 27.2 Å². The molecule has 4 heteroatoms. The van der Waals surface area contributed by atoms with Gasteiger partial charge < -0.3 is 10.3 Å². The highest BCUT2D eigenvalue weighted by molar-refractivity contribution is 9.10. The molecule has 0 unspecified atom stereocenters. The minimum atomic E-state index is 0.247. The number of hydrogen-bond acceptors (Lipinski definition) is 3. The van der Waals surface area contributed by atoms with Crippen molar-refractivity contribution < 1.29 is 10.3 Å². The van der Waals surface area contributed by atoms with Gasteiger partial charge in [-0.15, -0.1) is 0 Å². The molecule has 1 aromatic rings. The van der Waals surface area contributed by atoms with Gasteiger partial charge in [-0.2, -0.15) is 0 Å². The van der Waals surface area contributed by atoms with E-state index in [0.717, 1.165) is 21.2 Å². The monoisotopic (exact) mass is 273 g/mol. The lowest BCUT2D eigenvalue weighted by Gasteiger charge is -2.16. The Kier molecular flexibility index (Phi) is 4.13. The van der Waals surface area contributed by atoms with Gasteiger partial charge in [0.2, 0.25) is 0 Å². The van der Waals surface area contributed by atoms with Crippen molar-refractivity contribution in [3.63, 3.8) is 0 Å². The molecule has 0 aliphatic carbocycles. The van der Waals surface area contributed by atoms with Crippen molar-refractivity contribution >= 4 is 15.9 Å². The van der Waals surface area contributed by atoms with Crippen LogP contribution in [-0.4, -0.2) is 10.3 Å². The van der Waals surface area contributed by atoms with Crippen LogP contribution in [0.5, 0.6) is 5.75 Å². The van der Waals surface area contributed by atoms with Crippen molar-refractivity contribution in [2.45, 2.75) is 33.2 Å². The lowest BCUT2D eigenvalue weighted by Crippen LogP contribution is -2.09. The molecule has 0 saturated carbocycles. The Hall–Kier alpha value is -0.580. The zero-order valence-corrected chi connectivity index (χ0v) is 10.7. The van der Waals surface area contributed by atoms with Crippen LogP contribution in [0, 0.1) is 6.92 Å². The molecule has 0 aromatic heterocycles. The van der Waals surface area contributed by atoms with Crippen molar-refractivity contribution in [1.29, 1.82) is 0 Å². The Morgan fingerprint density at radius 2 is 2.07 bits per heavy atom. The topological polar surface area (TPSA) is 52.5 Å². The molecular formula is C11H16BrNO2. The summed E-state index contributed by atoms with van der Waals surface area (Å²) in [6.45, 7) is 6.19. The summed E-state index contributed by atoms with van der Waals surface area (Å²) < 4.78 is 0.953. The van der Waals surface area contributed by atoms with Gasteiger partial charge in [0.25, 0.3) is 0 Å². The number of aromatic hydroxyl groups is 1. The second-order valence-corrected chi connectivity index (χ2v) is 4.74. The first-order valence-corrected chi connectivity index (χ1v) is 5.66. The Morgan fingerprint density at radius 1 is 1.47 bits per heavy atom. The number of benzene rings is 1. The minimum Gasteiger partial charge on any atom is -0.507 e. The molecule has 0 heterocycles. The number of nitrogens with one attached hydrogen (secondary N) is 1. The van der Waals surface area contributed by atoms with E-state index in [1.807, 2.05) is 26.8 Å². The van der Waals surface area contributed by atoms with E-state index in [9.17, 15) is 5.11 Å². The summed E-state index contributed by atoms with van der Waals surface area (Å²) in [7, 11) is 0. The largest absolute Gasteiger partial charge is 0.507 e. The zero-order valence-electron chi connectivity index (χ0n) is 9.13. The Morgan fingerprint density at radius 3 is 2.53 bits per heavy atom. The molecule has 15 heavy (non-hydrogen) atoms. The van der Waals surface area contributed by atoms with Gasteiger partial charge in [0.1, 0.15) is 5.75 Å². The van der Waals surface area contributed by atoms with E-state index < -0.39 is 0 Å². The van der Waals surface area contributed by atoms with Gasteiger partial charge in [0.15, 0.2) is 0 Å². The molecule has 1 rings (SSSR count). The molecule has 1 aromatic carbocycles. The summed E-state index contributed by atoms with van der Waals surface area (Å²) in [6, 6.07) is 1.93. The number of halogens is 1. The quantitative estimate of drug-likeness (QED) is 0.742. The van der Waals surface area contributed by atoms with Crippen LogP contribution < -0.4 is 5.48 Å². The van der Waals surface area contributed by atoms with Crippen LogP contribution in [0.25, 0.3) is 0 Å². The molecule has 0 radical (unpaired) electrons. The van der Waals surface area contributed by atoms with Gasteiger partial charge in [-0.25, -0.2) is 5.48 Å². The maximum Gasteiger partial charge on any atom is 0.123 e. The van der Waals surface area contributed by atoms with E-state index in [-0.39, 0.29) is 18.2 Å². The standard InChI is InChI=1S/C11H16BrNO2/c1-6(2)8-4-10(12)7(3)9(5-13-15)11(8)14/h4,6,13-15H,5H2,1-3H3. The normalized spacial score (nSPS) is 11.1. The van der Waals surface area contributed by atoms with Crippen molar-refractivity contribution in [3.8, 4) is 5.75 Å². The first-order valence-electron chi connectivity index (χ1n) is 4.86. The average Bonchev–Trinajstić information content (AvgIpc) is 2.18. The smallest absolute Gasteiger partial charge is 0.123 e. The second kappa shape index (κ2) is 4.96. The van der Waals surface area contributed by atoms with Gasteiger partial charge in [-0.3, -0.25) is 0 Å². The molecule has 3 N–H and O–H groups in total. The third-order valence-electron chi connectivity index (χ3n) is 2.53. The van der Waals surface area contributed by atoms with E-state index in [4.69, 9.17) is 5.21 Å². The second-order valence-electron chi connectivity index (χ2n) is 3.89. The van der Waals surface area contributed by atoms with Crippen LogP contribution >= 0.6 is 15.9 Å². The molecule has 0 aliphatic rings. The lowest BCUT2D eigenvalue weighted by molar-refractivity contribution is 0.160. The van der Waals surface area contributed by atoms with Crippen LogP contribution in [0.15, 0.2) is 10.5 Å². The average molecular weight is 274 g/mol. The fraction of sp³-hybridized carbons (Fsp3) is 0.455. The predicted octanol–water partition coefficient (Wildman–Crippen LogP) is 3.07. The fourth-order valence-electron chi connectivity index (χ4n) is 1.54. The first-order chi connectivity index (χ1) is 6.99. The van der Waals surface area contributed by atoms with Crippen LogP contribution in [0.4, 0.5) is 0 Å². The van der Waals surface area contributed by atoms with Crippen LogP contribution in [0.2, 0.25) is 0 Å². The van der Waals surface area contributed by atoms with Gasteiger partial charge in [-0.05, 0) is 30.0 Å². The molecule has 84 valence electrons. The minimum absolute atomic E-state index is 0.247. The van der Waals surface area contributed by atoms with E-state index in [2.05, 4.69) is 21.4 Å². The Bertz CT molecular complexity index is 364. The van der Waals surface area contributed by atoms with Crippen molar-refractivity contribution in [2.75, 3.05) is 0 Å². The number of rotatable bonds is 3. The lowest BCUT2D eigenvalue weighted by atomic mass is 9.96. The summed E-state index contributed by atoms with van der Waals surface area (Å²) in [4.78, 5) is 0. The van der Waals surface area contributed by atoms with Gasteiger partial charge in [0, 0.05) is 16.6 Å². The van der Waals surface area contributed by atoms with E-state index >= 15 is 0 Å². The van der Waals surface area contributed by atoms with Crippen LogP contribution in [-0.2, 0) is 6.54 Å². The predicted molar refractivity (Wildman–Crippen MR) is 63.3 cm³/mol. The van der Waals surface area contributed by atoms with E-state index in [0.29, 0.717) is 0 Å². The summed E-state index contributed by atoms with van der Waals surface area (Å²) in [5.41, 5.74) is 4.64. The first kappa shape index (κ1) is 12.5. The third-order valence-corrected chi connectivity index (χ3v) is 3.35. The molecule has 0 spiro atoms. The van der Waals surface area contributed by atoms with Crippen LogP contribution in [0.3, 0.4) is 0 Å². The fourth-order valence-corrected chi connectivity index (χ4v) is 2.03. The maximum atomic E-state index is 10.0. The highest BCUT2D eigenvalue weighted by Crippen LogP contribution is 2.35. The number of phenols is 1. The van der Waals surface area contributed by atoms with Crippen molar-refractivity contribution in [2.24, 2.45) is 0 Å².